The van der Waals surface area contributed by atoms with Gasteiger partial charge in [-0.25, -0.2) is 13.1 Å². The lowest BCUT2D eigenvalue weighted by Gasteiger charge is -2.28. The summed E-state index contributed by atoms with van der Waals surface area (Å²) in [6.07, 6.45) is 4.06. The summed E-state index contributed by atoms with van der Waals surface area (Å²) in [5.74, 6) is 0.368. The molecule has 1 aliphatic rings. The van der Waals surface area contributed by atoms with E-state index in [1.165, 1.54) is 0 Å². The highest BCUT2D eigenvalue weighted by Gasteiger charge is 2.28. The zero-order chi connectivity index (χ0) is 23.3. The summed E-state index contributed by atoms with van der Waals surface area (Å²) in [6.45, 7) is 6.67. The smallest absolute Gasteiger partial charge is 0.241 e. The van der Waals surface area contributed by atoms with Crippen LogP contribution in [0.3, 0.4) is 0 Å². The van der Waals surface area contributed by atoms with Crippen LogP contribution in [0, 0.1) is 32.6 Å². The first-order chi connectivity index (χ1) is 15.2. The topological polar surface area (TPSA) is 75.3 Å². The van der Waals surface area contributed by atoms with Gasteiger partial charge in [-0.05, 0) is 87.6 Å². The van der Waals surface area contributed by atoms with Crippen LogP contribution < -0.4 is 10.0 Å². The fourth-order valence-electron chi connectivity index (χ4n) is 4.64. The van der Waals surface area contributed by atoms with Gasteiger partial charge in [-0.2, -0.15) is 0 Å². The number of sulfonamides is 1. The summed E-state index contributed by atoms with van der Waals surface area (Å²) in [5, 5.41) is 3.75. The van der Waals surface area contributed by atoms with Crippen molar-refractivity contribution in [3.05, 3.63) is 63.7 Å². The Labute approximate surface area is 197 Å². The zero-order valence-corrected chi connectivity index (χ0v) is 20.7. The Morgan fingerprint density at radius 3 is 2.19 bits per heavy atom. The van der Waals surface area contributed by atoms with Crippen LogP contribution in [0.15, 0.2) is 41.3 Å². The Hall–Kier alpha value is -1.89. The van der Waals surface area contributed by atoms with Crippen LogP contribution in [0.1, 0.15) is 47.9 Å². The molecule has 0 saturated heterocycles. The normalized spacial score (nSPS) is 19.0. The van der Waals surface area contributed by atoms with E-state index in [1.807, 2.05) is 57.2 Å². The highest BCUT2D eigenvalue weighted by Crippen LogP contribution is 2.29. The van der Waals surface area contributed by atoms with Crippen molar-refractivity contribution in [3.8, 4) is 0 Å². The van der Waals surface area contributed by atoms with E-state index < -0.39 is 10.0 Å². The monoisotopic (exact) mass is 476 g/mol. The van der Waals surface area contributed by atoms with Gasteiger partial charge in [-0.15, -0.1) is 0 Å². The molecule has 0 heterocycles. The quantitative estimate of drug-likeness (QED) is 0.579. The molecule has 1 aliphatic carbocycles. The molecule has 0 bridgehead atoms. The van der Waals surface area contributed by atoms with Gasteiger partial charge < -0.3 is 5.32 Å². The van der Waals surface area contributed by atoms with Crippen LogP contribution in [-0.2, 0) is 21.2 Å². The minimum atomic E-state index is -3.55. The van der Waals surface area contributed by atoms with Crippen molar-refractivity contribution in [2.75, 3.05) is 13.1 Å². The third-order valence-corrected chi connectivity index (χ3v) is 8.26. The average Bonchev–Trinajstić information content (AvgIpc) is 2.73. The van der Waals surface area contributed by atoms with E-state index in [4.69, 9.17) is 11.6 Å². The fourth-order valence-corrected chi connectivity index (χ4v) is 6.34. The first-order valence-electron chi connectivity index (χ1n) is 11.3. The van der Waals surface area contributed by atoms with Crippen molar-refractivity contribution in [1.29, 1.82) is 0 Å². The van der Waals surface area contributed by atoms with E-state index in [0.29, 0.717) is 23.0 Å². The van der Waals surface area contributed by atoms with Crippen molar-refractivity contribution in [3.63, 3.8) is 0 Å². The van der Waals surface area contributed by atoms with Gasteiger partial charge in [0.2, 0.25) is 15.9 Å². The van der Waals surface area contributed by atoms with Crippen LogP contribution in [-0.4, -0.2) is 27.4 Å². The fraction of sp³-hybridized carbons (Fsp3) is 0.480. The molecule has 1 saturated carbocycles. The van der Waals surface area contributed by atoms with E-state index in [0.717, 1.165) is 54.4 Å². The molecular formula is C25H33ClN2O3S. The van der Waals surface area contributed by atoms with Gasteiger partial charge in [0.15, 0.2) is 0 Å². The molecule has 1 amide bonds. The Morgan fingerprint density at radius 1 is 1.00 bits per heavy atom. The Morgan fingerprint density at radius 2 is 1.59 bits per heavy atom. The standard InChI is InChI=1S/C25H33ClN2O3S/c1-17-14-18(2)24(19(3)15-17)32(30,31)28-16-21-4-8-22(9-5-21)25(29)27-13-12-20-6-10-23(26)11-7-20/h6-7,10-11,14-15,21-22,28H,4-5,8-9,12-13,16H2,1-3H3,(H,27,29). The Bertz CT molecular complexity index is 1020. The predicted molar refractivity (Wildman–Crippen MR) is 129 cm³/mol. The minimum absolute atomic E-state index is 0.00895. The maximum Gasteiger partial charge on any atom is 0.241 e. The Kier molecular flexibility index (Phi) is 8.37. The van der Waals surface area contributed by atoms with Crippen molar-refractivity contribution in [2.45, 2.75) is 57.8 Å². The molecule has 32 heavy (non-hydrogen) atoms. The van der Waals surface area contributed by atoms with Crippen molar-refractivity contribution >= 4 is 27.5 Å². The van der Waals surface area contributed by atoms with Crippen LogP contribution in [0.2, 0.25) is 5.02 Å². The lowest BCUT2D eigenvalue weighted by atomic mass is 9.81. The second kappa shape index (κ2) is 10.8. The van der Waals surface area contributed by atoms with E-state index in [2.05, 4.69) is 10.0 Å². The first kappa shape index (κ1) is 24.7. The molecule has 0 atom stereocenters. The molecule has 2 N–H and O–H groups in total. The van der Waals surface area contributed by atoms with Gasteiger partial charge >= 0.3 is 0 Å². The molecule has 3 rings (SSSR count). The number of hydrogen-bond acceptors (Lipinski definition) is 3. The number of nitrogens with one attached hydrogen (secondary N) is 2. The molecule has 0 aromatic heterocycles. The first-order valence-corrected chi connectivity index (χ1v) is 13.1. The molecule has 0 aliphatic heterocycles. The summed E-state index contributed by atoms with van der Waals surface area (Å²) in [7, 11) is -3.55. The van der Waals surface area contributed by atoms with E-state index in [9.17, 15) is 13.2 Å². The number of aryl methyl sites for hydroxylation is 3. The molecular weight excluding hydrogens is 444 g/mol. The van der Waals surface area contributed by atoms with Gasteiger partial charge in [0.25, 0.3) is 0 Å². The van der Waals surface area contributed by atoms with Crippen molar-refractivity contribution < 1.29 is 13.2 Å². The van der Waals surface area contributed by atoms with Gasteiger partial charge in [0.1, 0.15) is 0 Å². The largest absolute Gasteiger partial charge is 0.356 e. The maximum absolute atomic E-state index is 12.9. The van der Waals surface area contributed by atoms with Crippen molar-refractivity contribution in [2.24, 2.45) is 11.8 Å². The number of hydrogen-bond donors (Lipinski definition) is 2. The summed E-state index contributed by atoms with van der Waals surface area (Å²) < 4.78 is 28.6. The second-order valence-corrected chi connectivity index (χ2v) is 11.1. The predicted octanol–water partition coefficient (Wildman–Crippen LogP) is 4.71. The third kappa shape index (κ3) is 6.56. The van der Waals surface area contributed by atoms with Gasteiger partial charge in [-0.3, -0.25) is 4.79 Å². The molecule has 5 nitrogen and oxygen atoms in total. The second-order valence-electron chi connectivity index (χ2n) is 8.96. The van der Waals surface area contributed by atoms with Crippen molar-refractivity contribution in [1.82, 2.24) is 10.0 Å². The SMILES string of the molecule is Cc1cc(C)c(S(=O)(=O)NCC2CCC(C(=O)NCCc3ccc(Cl)cc3)CC2)c(C)c1. The van der Waals surface area contributed by atoms with Crippen LogP contribution in [0.25, 0.3) is 0 Å². The number of halogens is 1. The third-order valence-electron chi connectivity index (χ3n) is 6.28. The summed E-state index contributed by atoms with van der Waals surface area (Å²) in [4.78, 5) is 12.9. The van der Waals surface area contributed by atoms with E-state index >= 15 is 0 Å². The number of amides is 1. The number of carbonyl (C=O) groups excluding carboxylic acids is 1. The highest BCUT2D eigenvalue weighted by atomic mass is 35.5. The zero-order valence-electron chi connectivity index (χ0n) is 19.1. The molecule has 0 radical (unpaired) electrons. The minimum Gasteiger partial charge on any atom is -0.356 e. The summed E-state index contributed by atoms with van der Waals surface area (Å²) in [6, 6.07) is 11.5. The van der Waals surface area contributed by atoms with Gasteiger partial charge in [0.05, 0.1) is 4.90 Å². The highest BCUT2D eigenvalue weighted by molar-refractivity contribution is 7.89. The van der Waals surface area contributed by atoms with Crippen LogP contribution in [0.4, 0.5) is 0 Å². The molecule has 1 fully saturated rings. The molecule has 7 heteroatoms. The lowest BCUT2D eigenvalue weighted by Crippen LogP contribution is -2.37. The van der Waals surface area contributed by atoms with Gasteiger partial charge in [0, 0.05) is 24.0 Å². The number of rotatable bonds is 8. The van der Waals surface area contributed by atoms with Gasteiger partial charge in [-0.1, -0.05) is 41.4 Å². The Balaban J connectivity index is 1.43. The lowest BCUT2D eigenvalue weighted by molar-refractivity contribution is -0.126. The maximum atomic E-state index is 12.9. The van der Waals surface area contributed by atoms with E-state index in [-0.39, 0.29) is 17.7 Å². The van der Waals surface area contributed by atoms with E-state index in [1.54, 1.807) is 0 Å². The van der Waals surface area contributed by atoms with Crippen LogP contribution >= 0.6 is 11.6 Å². The number of carbonyl (C=O) groups is 1. The summed E-state index contributed by atoms with van der Waals surface area (Å²) >= 11 is 5.90. The molecule has 0 unspecified atom stereocenters. The molecule has 0 spiro atoms. The molecule has 174 valence electrons. The van der Waals surface area contributed by atoms with Crippen LogP contribution in [0.5, 0.6) is 0 Å². The molecule has 2 aromatic carbocycles. The number of benzene rings is 2. The molecule has 2 aromatic rings. The summed E-state index contributed by atoms with van der Waals surface area (Å²) in [5.41, 5.74) is 3.75. The average molecular weight is 477 g/mol.